The SMILES string of the molecule is CC(C)(C)c1ccc2c(c1)CCN(CCC(=O)O)C2. The fraction of sp³-hybridized carbons (Fsp3) is 0.562. The topological polar surface area (TPSA) is 40.5 Å². The van der Waals surface area contributed by atoms with Gasteiger partial charge in [0.25, 0.3) is 0 Å². The largest absolute Gasteiger partial charge is 0.481 e. The van der Waals surface area contributed by atoms with E-state index in [2.05, 4.69) is 43.9 Å². The number of benzene rings is 1. The van der Waals surface area contributed by atoms with Crippen molar-refractivity contribution in [3.8, 4) is 0 Å². The number of carbonyl (C=O) groups is 1. The molecule has 104 valence electrons. The molecule has 0 saturated carbocycles. The third kappa shape index (κ3) is 3.57. The van der Waals surface area contributed by atoms with Gasteiger partial charge in [0.2, 0.25) is 0 Å². The fourth-order valence-electron chi connectivity index (χ4n) is 2.52. The predicted octanol–water partition coefficient (Wildman–Crippen LogP) is 2.82. The minimum Gasteiger partial charge on any atom is -0.481 e. The highest BCUT2D eigenvalue weighted by Gasteiger charge is 2.20. The Balaban J connectivity index is 2.08. The lowest BCUT2D eigenvalue weighted by atomic mass is 9.84. The van der Waals surface area contributed by atoms with Gasteiger partial charge in [-0.15, -0.1) is 0 Å². The molecule has 0 bridgehead atoms. The van der Waals surface area contributed by atoms with Crippen molar-refractivity contribution < 1.29 is 9.90 Å². The summed E-state index contributed by atoms with van der Waals surface area (Å²) in [5.74, 6) is -0.714. The first-order valence-electron chi connectivity index (χ1n) is 6.93. The fourth-order valence-corrected chi connectivity index (χ4v) is 2.52. The summed E-state index contributed by atoms with van der Waals surface area (Å²) in [6.45, 7) is 9.20. The number of hydrogen-bond acceptors (Lipinski definition) is 2. The monoisotopic (exact) mass is 261 g/mol. The molecule has 1 heterocycles. The molecule has 1 aromatic carbocycles. The predicted molar refractivity (Wildman–Crippen MR) is 76.4 cm³/mol. The molecule has 2 rings (SSSR count). The van der Waals surface area contributed by atoms with Crippen LogP contribution in [0.25, 0.3) is 0 Å². The quantitative estimate of drug-likeness (QED) is 0.909. The average Bonchev–Trinajstić information content (AvgIpc) is 2.34. The molecular formula is C16H23NO2. The van der Waals surface area contributed by atoms with Gasteiger partial charge in [-0.25, -0.2) is 0 Å². The summed E-state index contributed by atoms with van der Waals surface area (Å²) in [5.41, 5.74) is 4.35. The average molecular weight is 261 g/mol. The Morgan fingerprint density at radius 2 is 2.05 bits per heavy atom. The molecule has 0 unspecified atom stereocenters. The van der Waals surface area contributed by atoms with Crippen LogP contribution in [0.15, 0.2) is 18.2 Å². The van der Waals surface area contributed by atoms with E-state index in [1.54, 1.807) is 0 Å². The van der Waals surface area contributed by atoms with Gasteiger partial charge in [-0.2, -0.15) is 0 Å². The van der Waals surface area contributed by atoms with Crippen LogP contribution in [0.4, 0.5) is 0 Å². The molecular weight excluding hydrogens is 238 g/mol. The van der Waals surface area contributed by atoms with Crippen LogP contribution >= 0.6 is 0 Å². The standard InChI is InChI=1S/C16H23NO2/c1-16(2,3)14-5-4-13-11-17(9-7-15(18)19)8-6-12(13)10-14/h4-5,10H,6-9,11H2,1-3H3,(H,18,19). The van der Waals surface area contributed by atoms with Crippen molar-refractivity contribution in [3.05, 3.63) is 34.9 Å². The summed E-state index contributed by atoms with van der Waals surface area (Å²) in [4.78, 5) is 12.8. The molecule has 1 aromatic rings. The second-order valence-electron chi connectivity index (χ2n) is 6.40. The molecule has 0 aliphatic carbocycles. The Kier molecular flexibility index (Phi) is 3.95. The van der Waals surface area contributed by atoms with E-state index in [9.17, 15) is 4.79 Å². The van der Waals surface area contributed by atoms with Gasteiger partial charge in [0.05, 0.1) is 6.42 Å². The van der Waals surface area contributed by atoms with E-state index in [0.29, 0.717) is 6.54 Å². The number of carboxylic acid groups (broad SMARTS) is 1. The van der Waals surface area contributed by atoms with Crippen LogP contribution in [0.2, 0.25) is 0 Å². The molecule has 1 N–H and O–H groups in total. The van der Waals surface area contributed by atoms with Crippen molar-refractivity contribution in [2.75, 3.05) is 13.1 Å². The molecule has 3 nitrogen and oxygen atoms in total. The molecule has 0 fully saturated rings. The third-order valence-electron chi connectivity index (χ3n) is 3.81. The van der Waals surface area contributed by atoms with Crippen LogP contribution < -0.4 is 0 Å². The first kappa shape index (κ1) is 14.1. The molecule has 0 radical (unpaired) electrons. The van der Waals surface area contributed by atoms with Gasteiger partial charge in [0.1, 0.15) is 0 Å². The summed E-state index contributed by atoms with van der Waals surface area (Å²) >= 11 is 0. The molecule has 0 atom stereocenters. The maximum absolute atomic E-state index is 10.6. The van der Waals surface area contributed by atoms with E-state index in [1.807, 2.05) is 0 Å². The summed E-state index contributed by atoms with van der Waals surface area (Å²) in [5, 5.41) is 8.74. The number of fused-ring (bicyclic) bond motifs is 1. The van der Waals surface area contributed by atoms with Crippen LogP contribution in [-0.4, -0.2) is 29.1 Å². The number of hydrogen-bond donors (Lipinski definition) is 1. The lowest BCUT2D eigenvalue weighted by molar-refractivity contribution is -0.137. The van der Waals surface area contributed by atoms with Crippen LogP contribution in [0.1, 0.15) is 43.9 Å². The summed E-state index contributed by atoms with van der Waals surface area (Å²) in [7, 11) is 0. The number of aliphatic carboxylic acids is 1. The second-order valence-corrected chi connectivity index (χ2v) is 6.40. The first-order chi connectivity index (χ1) is 8.86. The van der Waals surface area contributed by atoms with Gasteiger partial charge in [-0.1, -0.05) is 39.0 Å². The van der Waals surface area contributed by atoms with Crippen molar-refractivity contribution in [2.24, 2.45) is 0 Å². The van der Waals surface area contributed by atoms with Crippen molar-refractivity contribution in [3.63, 3.8) is 0 Å². The van der Waals surface area contributed by atoms with Crippen LogP contribution in [0.5, 0.6) is 0 Å². The summed E-state index contributed by atoms with van der Waals surface area (Å²) in [6, 6.07) is 6.74. The van der Waals surface area contributed by atoms with Crippen LogP contribution in [0, 0.1) is 0 Å². The molecule has 0 amide bonds. The zero-order chi connectivity index (χ0) is 14.0. The Morgan fingerprint density at radius 1 is 1.32 bits per heavy atom. The lowest BCUT2D eigenvalue weighted by Gasteiger charge is -2.30. The van der Waals surface area contributed by atoms with E-state index < -0.39 is 5.97 Å². The Hall–Kier alpha value is -1.35. The van der Waals surface area contributed by atoms with Gasteiger partial charge < -0.3 is 5.11 Å². The van der Waals surface area contributed by atoms with E-state index in [1.165, 1.54) is 16.7 Å². The van der Waals surface area contributed by atoms with Gasteiger partial charge in [0, 0.05) is 19.6 Å². The highest BCUT2D eigenvalue weighted by Crippen LogP contribution is 2.27. The number of nitrogens with zero attached hydrogens (tertiary/aromatic N) is 1. The second kappa shape index (κ2) is 5.33. The lowest BCUT2D eigenvalue weighted by Crippen LogP contribution is -2.32. The van der Waals surface area contributed by atoms with Crippen molar-refractivity contribution >= 4 is 5.97 Å². The minimum absolute atomic E-state index is 0.190. The zero-order valence-corrected chi connectivity index (χ0v) is 12.1. The van der Waals surface area contributed by atoms with E-state index >= 15 is 0 Å². The molecule has 19 heavy (non-hydrogen) atoms. The normalized spacial score (nSPS) is 16.2. The maximum Gasteiger partial charge on any atom is 0.304 e. The van der Waals surface area contributed by atoms with Crippen LogP contribution in [0.3, 0.4) is 0 Å². The van der Waals surface area contributed by atoms with Gasteiger partial charge >= 0.3 is 5.97 Å². The Bertz CT molecular complexity index is 474. The van der Waals surface area contributed by atoms with Gasteiger partial charge in [-0.3, -0.25) is 9.69 Å². The molecule has 1 aliphatic rings. The Labute approximate surface area is 115 Å². The molecule has 3 heteroatoms. The first-order valence-corrected chi connectivity index (χ1v) is 6.93. The van der Waals surface area contributed by atoms with Crippen molar-refractivity contribution in [2.45, 2.75) is 45.6 Å². The van der Waals surface area contributed by atoms with Crippen molar-refractivity contribution in [1.82, 2.24) is 4.90 Å². The molecule has 1 aliphatic heterocycles. The third-order valence-corrected chi connectivity index (χ3v) is 3.81. The molecule has 0 aromatic heterocycles. The van der Waals surface area contributed by atoms with Gasteiger partial charge in [-0.05, 0) is 28.5 Å². The molecule has 0 spiro atoms. The highest BCUT2D eigenvalue weighted by molar-refractivity contribution is 5.66. The van der Waals surface area contributed by atoms with E-state index in [4.69, 9.17) is 5.11 Å². The van der Waals surface area contributed by atoms with Crippen LogP contribution in [-0.2, 0) is 23.2 Å². The van der Waals surface area contributed by atoms with Gasteiger partial charge in [0.15, 0.2) is 0 Å². The zero-order valence-electron chi connectivity index (χ0n) is 12.1. The minimum atomic E-state index is -0.714. The smallest absolute Gasteiger partial charge is 0.304 e. The number of carboxylic acids is 1. The molecule has 0 saturated heterocycles. The maximum atomic E-state index is 10.6. The highest BCUT2D eigenvalue weighted by atomic mass is 16.4. The van der Waals surface area contributed by atoms with E-state index in [0.717, 1.165) is 19.5 Å². The Morgan fingerprint density at radius 3 is 2.68 bits per heavy atom. The number of rotatable bonds is 3. The summed E-state index contributed by atoms with van der Waals surface area (Å²) in [6.07, 6.45) is 1.26. The van der Waals surface area contributed by atoms with E-state index in [-0.39, 0.29) is 11.8 Å². The summed E-state index contributed by atoms with van der Waals surface area (Å²) < 4.78 is 0. The van der Waals surface area contributed by atoms with Crippen molar-refractivity contribution in [1.29, 1.82) is 0 Å².